The van der Waals surface area contributed by atoms with Crippen LogP contribution in [0.15, 0.2) is 24.5 Å². The number of thiazole rings is 1. The van der Waals surface area contributed by atoms with Gasteiger partial charge in [0.05, 0.1) is 15.1 Å². The van der Waals surface area contributed by atoms with Gasteiger partial charge in [-0.2, -0.15) is 0 Å². The van der Waals surface area contributed by atoms with Gasteiger partial charge in [-0.25, -0.2) is 15.0 Å². The maximum absolute atomic E-state index is 11.3. The largest absolute Gasteiger partial charge is 0.378 e. The number of aromatic nitrogens is 3. The molecule has 4 rings (SSSR count). The van der Waals surface area contributed by atoms with Crippen LogP contribution in [-0.2, 0) is 6.42 Å². The lowest BCUT2D eigenvalue weighted by atomic mass is 10.2. The van der Waals surface area contributed by atoms with Crippen LogP contribution >= 0.6 is 11.3 Å². The van der Waals surface area contributed by atoms with E-state index in [9.17, 15) is 10.1 Å². The normalized spacial score (nSPS) is 14.7. The summed E-state index contributed by atoms with van der Waals surface area (Å²) in [5.41, 5.74) is 7.76. The molecule has 0 amide bonds. The minimum absolute atomic E-state index is 0.106. The fourth-order valence-corrected chi connectivity index (χ4v) is 4.29. The molecule has 0 atom stereocenters. The lowest BCUT2D eigenvalue weighted by molar-refractivity contribution is -0.383. The Balaban J connectivity index is 1.53. The molecule has 2 N–H and O–H groups in total. The molecule has 3 heterocycles. The van der Waals surface area contributed by atoms with Crippen LogP contribution in [-0.4, -0.2) is 46.1 Å². The Bertz CT molecular complexity index is 998. The second-order valence-corrected chi connectivity index (χ2v) is 7.32. The van der Waals surface area contributed by atoms with E-state index in [1.54, 1.807) is 11.3 Å². The van der Waals surface area contributed by atoms with Gasteiger partial charge in [0, 0.05) is 26.2 Å². The Morgan fingerprint density at radius 2 is 1.96 bits per heavy atom. The van der Waals surface area contributed by atoms with E-state index in [2.05, 4.69) is 40.0 Å². The Morgan fingerprint density at radius 1 is 1.22 bits per heavy atom. The molecule has 0 bridgehead atoms. The molecule has 1 fully saturated rings. The number of hydrogen-bond acceptors (Lipinski definition) is 9. The van der Waals surface area contributed by atoms with Crippen LogP contribution < -0.4 is 15.5 Å². The second kappa shape index (κ2) is 6.95. The first-order valence-electron chi connectivity index (χ1n) is 8.71. The Labute approximate surface area is 159 Å². The van der Waals surface area contributed by atoms with Gasteiger partial charge in [-0.1, -0.05) is 24.3 Å². The molecule has 1 aliphatic heterocycles. The van der Waals surface area contributed by atoms with Crippen molar-refractivity contribution in [3.63, 3.8) is 0 Å². The van der Waals surface area contributed by atoms with Crippen LogP contribution in [0.4, 0.5) is 22.5 Å². The molecule has 1 aliphatic rings. The second-order valence-electron chi connectivity index (χ2n) is 6.31. The van der Waals surface area contributed by atoms with Crippen LogP contribution in [0.25, 0.3) is 10.2 Å². The molecule has 10 heteroatoms. The number of aryl methyl sites for hydroxylation is 1. The zero-order valence-corrected chi connectivity index (χ0v) is 15.6. The zero-order valence-electron chi connectivity index (χ0n) is 14.8. The molecule has 2 aromatic heterocycles. The molecule has 0 saturated carbocycles. The summed E-state index contributed by atoms with van der Waals surface area (Å²) in [7, 11) is 0. The van der Waals surface area contributed by atoms with E-state index in [-0.39, 0.29) is 17.3 Å². The van der Waals surface area contributed by atoms with Crippen molar-refractivity contribution in [1.82, 2.24) is 15.0 Å². The van der Waals surface area contributed by atoms with Gasteiger partial charge in [-0.05, 0) is 24.1 Å². The topological polar surface area (TPSA) is 114 Å². The first-order chi connectivity index (χ1) is 13.1. The molecule has 0 radical (unpaired) electrons. The van der Waals surface area contributed by atoms with Gasteiger partial charge < -0.3 is 15.5 Å². The molecule has 27 heavy (non-hydrogen) atoms. The van der Waals surface area contributed by atoms with Crippen LogP contribution in [0.1, 0.15) is 12.5 Å². The van der Waals surface area contributed by atoms with Gasteiger partial charge in [0.1, 0.15) is 6.33 Å². The van der Waals surface area contributed by atoms with E-state index in [1.165, 1.54) is 16.6 Å². The van der Waals surface area contributed by atoms with Crippen molar-refractivity contribution in [1.29, 1.82) is 0 Å². The van der Waals surface area contributed by atoms with Crippen molar-refractivity contribution < 1.29 is 4.92 Å². The summed E-state index contributed by atoms with van der Waals surface area (Å²) in [4.78, 5) is 27.5. The van der Waals surface area contributed by atoms with E-state index in [1.807, 2.05) is 4.90 Å². The third-order valence-electron chi connectivity index (χ3n) is 4.71. The fourth-order valence-electron chi connectivity index (χ4n) is 3.21. The molecule has 9 nitrogen and oxygen atoms in total. The Kier molecular flexibility index (Phi) is 4.48. The van der Waals surface area contributed by atoms with Gasteiger partial charge in [0.2, 0.25) is 11.6 Å². The molecule has 1 aromatic carbocycles. The number of rotatable bonds is 4. The van der Waals surface area contributed by atoms with Crippen molar-refractivity contribution in [2.75, 3.05) is 41.7 Å². The van der Waals surface area contributed by atoms with Crippen molar-refractivity contribution >= 4 is 44.0 Å². The fraction of sp³-hybridized carbons (Fsp3) is 0.353. The lowest BCUT2D eigenvalue weighted by Gasteiger charge is -2.34. The average molecular weight is 385 g/mol. The van der Waals surface area contributed by atoms with Crippen LogP contribution in [0.3, 0.4) is 0 Å². The van der Waals surface area contributed by atoms with Gasteiger partial charge in [-0.3, -0.25) is 10.1 Å². The standard InChI is InChI=1S/C17H19N7O2S/c1-2-11-3-4-12-13(9-11)27-17(21-12)23-7-5-22(6-8-23)16-14(24(25)26)15(18)19-10-20-16/h3-4,9-10H,2,5-8H2,1H3,(H2,18,19,20). The SMILES string of the molecule is CCc1ccc2nc(N3CCN(c4ncnc(N)c4[N+](=O)[O-])CC3)sc2c1. The predicted molar refractivity (Wildman–Crippen MR) is 107 cm³/mol. The van der Waals surface area contributed by atoms with Crippen molar-refractivity contribution in [2.45, 2.75) is 13.3 Å². The highest BCUT2D eigenvalue weighted by atomic mass is 32.1. The third-order valence-corrected chi connectivity index (χ3v) is 5.79. The molecule has 1 saturated heterocycles. The lowest BCUT2D eigenvalue weighted by Crippen LogP contribution is -2.47. The first-order valence-corrected chi connectivity index (χ1v) is 9.52. The number of nitrogens with two attached hydrogens (primary N) is 1. The molecule has 0 aliphatic carbocycles. The van der Waals surface area contributed by atoms with Crippen molar-refractivity contribution in [3.05, 3.63) is 40.2 Å². The monoisotopic (exact) mass is 385 g/mol. The number of anilines is 3. The highest BCUT2D eigenvalue weighted by molar-refractivity contribution is 7.22. The summed E-state index contributed by atoms with van der Waals surface area (Å²) in [5.74, 6) is 0.175. The van der Waals surface area contributed by atoms with Gasteiger partial charge in [-0.15, -0.1) is 0 Å². The molecular weight excluding hydrogens is 366 g/mol. The van der Waals surface area contributed by atoms with Gasteiger partial charge in [0.25, 0.3) is 0 Å². The zero-order chi connectivity index (χ0) is 19.0. The molecule has 0 spiro atoms. The van der Waals surface area contributed by atoms with E-state index < -0.39 is 4.92 Å². The molecular formula is C17H19N7O2S. The minimum atomic E-state index is -0.518. The van der Waals surface area contributed by atoms with E-state index in [0.29, 0.717) is 26.2 Å². The molecule has 0 unspecified atom stereocenters. The number of hydrogen-bond donors (Lipinski definition) is 1. The van der Waals surface area contributed by atoms with Gasteiger partial charge in [0.15, 0.2) is 5.13 Å². The maximum atomic E-state index is 11.3. The third kappa shape index (κ3) is 3.23. The number of nitrogen functional groups attached to an aromatic ring is 1. The predicted octanol–water partition coefficient (Wildman–Crippen LogP) is 2.47. The smallest absolute Gasteiger partial charge is 0.353 e. The number of fused-ring (bicyclic) bond motifs is 1. The highest BCUT2D eigenvalue weighted by Gasteiger charge is 2.28. The first kappa shape index (κ1) is 17.4. The van der Waals surface area contributed by atoms with Crippen LogP contribution in [0, 0.1) is 10.1 Å². The Morgan fingerprint density at radius 3 is 2.67 bits per heavy atom. The highest BCUT2D eigenvalue weighted by Crippen LogP contribution is 2.33. The van der Waals surface area contributed by atoms with Crippen molar-refractivity contribution in [3.8, 4) is 0 Å². The Hall–Kier alpha value is -3.01. The summed E-state index contributed by atoms with van der Waals surface area (Å²) in [5, 5.41) is 12.3. The summed E-state index contributed by atoms with van der Waals surface area (Å²) in [6.07, 6.45) is 2.27. The molecule has 140 valence electrons. The van der Waals surface area contributed by atoms with E-state index in [0.717, 1.165) is 17.1 Å². The average Bonchev–Trinajstić information content (AvgIpc) is 3.10. The van der Waals surface area contributed by atoms with Crippen LogP contribution in [0.5, 0.6) is 0 Å². The van der Waals surface area contributed by atoms with Crippen LogP contribution in [0.2, 0.25) is 0 Å². The number of piperazine rings is 1. The summed E-state index contributed by atoms with van der Waals surface area (Å²) in [6.45, 7) is 4.77. The number of benzene rings is 1. The number of nitrogens with zero attached hydrogens (tertiary/aromatic N) is 6. The summed E-state index contributed by atoms with van der Waals surface area (Å²) >= 11 is 1.68. The maximum Gasteiger partial charge on any atom is 0.353 e. The van der Waals surface area contributed by atoms with Crippen molar-refractivity contribution in [2.24, 2.45) is 0 Å². The summed E-state index contributed by atoms with van der Waals surface area (Å²) in [6, 6.07) is 6.37. The quantitative estimate of drug-likeness (QED) is 0.538. The van der Waals surface area contributed by atoms with E-state index in [4.69, 9.17) is 10.7 Å². The summed E-state index contributed by atoms with van der Waals surface area (Å²) < 4.78 is 1.19. The van der Waals surface area contributed by atoms with E-state index >= 15 is 0 Å². The molecule has 3 aromatic rings. The van der Waals surface area contributed by atoms with Gasteiger partial charge >= 0.3 is 5.69 Å². The number of nitro groups is 1. The minimum Gasteiger partial charge on any atom is -0.378 e.